The Kier molecular flexibility index (Phi) is 2.53. The van der Waals surface area contributed by atoms with Gasteiger partial charge in [-0.3, -0.25) is 0 Å². The van der Waals surface area contributed by atoms with Gasteiger partial charge in [0.05, 0.1) is 12.3 Å². The van der Waals surface area contributed by atoms with Crippen LogP contribution in [0.3, 0.4) is 0 Å². The van der Waals surface area contributed by atoms with Crippen molar-refractivity contribution in [3.63, 3.8) is 0 Å². The van der Waals surface area contributed by atoms with Gasteiger partial charge in [0, 0.05) is 6.20 Å². The van der Waals surface area contributed by atoms with Crippen molar-refractivity contribution in [2.24, 2.45) is 0 Å². The summed E-state index contributed by atoms with van der Waals surface area (Å²) in [7, 11) is 0. The maximum atomic E-state index is 5.47. The van der Waals surface area contributed by atoms with Crippen LogP contribution in [0.4, 0.5) is 11.8 Å². The van der Waals surface area contributed by atoms with Gasteiger partial charge in [-0.2, -0.15) is 4.98 Å². The van der Waals surface area contributed by atoms with E-state index in [0.29, 0.717) is 5.82 Å². The second-order valence-corrected chi connectivity index (χ2v) is 3.18. The first-order chi connectivity index (χ1) is 7.25. The number of hydrogen-bond acceptors (Lipinski definition) is 5. The minimum atomic E-state index is 0.0503. The third-order valence-corrected chi connectivity index (χ3v) is 2.01. The summed E-state index contributed by atoms with van der Waals surface area (Å²) in [5.74, 6) is 1.80. The number of nitrogens with two attached hydrogens (primary N) is 1. The summed E-state index contributed by atoms with van der Waals surface area (Å²) in [5.41, 5.74) is 5.47. The van der Waals surface area contributed by atoms with E-state index in [1.54, 1.807) is 18.5 Å². The fourth-order valence-electron chi connectivity index (χ4n) is 1.28. The van der Waals surface area contributed by atoms with E-state index >= 15 is 0 Å². The minimum Gasteiger partial charge on any atom is -0.467 e. The Bertz CT molecular complexity index is 427. The Hall–Kier alpha value is -2.04. The van der Waals surface area contributed by atoms with Gasteiger partial charge in [0.15, 0.2) is 0 Å². The molecular formula is C10H12N4O. The van der Waals surface area contributed by atoms with Crippen molar-refractivity contribution >= 4 is 11.8 Å². The molecule has 1 atom stereocenters. The van der Waals surface area contributed by atoms with Crippen molar-refractivity contribution in [1.82, 2.24) is 9.97 Å². The van der Waals surface area contributed by atoms with Crippen molar-refractivity contribution < 1.29 is 4.42 Å². The lowest BCUT2D eigenvalue weighted by Gasteiger charge is -2.11. The molecule has 3 N–H and O–H groups in total. The van der Waals surface area contributed by atoms with Crippen LogP contribution in [-0.2, 0) is 0 Å². The summed E-state index contributed by atoms with van der Waals surface area (Å²) in [4.78, 5) is 7.85. The van der Waals surface area contributed by atoms with E-state index in [4.69, 9.17) is 10.2 Å². The molecule has 2 aromatic heterocycles. The first-order valence-electron chi connectivity index (χ1n) is 4.64. The van der Waals surface area contributed by atoms with Crippen LogP contribution in [0.5, 0.6) is 0 Å². The number of hydrogen-bond donors (Lipinski definition) is 2. The predicted molar refractivity (Wildman–Crippen MR) is 57.2 cm³/mol. The topological polar surface area (TPSA) is 77.0 Å². The molecule has 0 aromatic carbocycles. The molecule has 2 heterocycles. The van der Waals surface area contributed by atoms with Crippen LogP contribution in [0.15, 0.2) is 35.1 Å². The molecule has 0 fully saturated rings. The highest BCUT2D eigenvalue weighted by Gasteiger charge is 2.08. The Morgan fingerprint density at radius 1 is 1.47 bits per heavy atom. The lowest BCUT2D eigenvalue weighted by atomic mass is 10.2. The van der Waals surface area contributed by atoms with Gasteiger partial charge in [-0.1, -0.05) is 0 Å². The molecule has 0 saturated carbocycles. The van der Waals surface area contributed by atoms with E-state index in [-0.39, 0.29) is 12.0 Å². The van der Waals surface area contributed by atoms with Crippen LogP contribution < -0.4 is 11.1 Å². The quantitative estimate of drug-likeness (QED) is 0.797. The van der Waals surface area contributed by atoms with E-state index in [0.717, 1.165) is 5.76 Å². The van der Waals surface area contributed by atoms with E-state index in [1.165, 1.54) is 0 Å². The molecule has 0 spiro atoms. The minimum absolute atomic E-state index is 0.0503. The van der Waals surface area contributed by atoms with Crippen LogP contribution in [0.1, 0.15) is 18.7 Å². The zero-order valence-electron chi connectivity index (χ0n) is 8.34. The molecule has 2 aromatic rings. The van der Waals surface area contributed by atoms with Gasteiger partial charge < -0.3 is 15.5 Å². The number of anilines is 2. The number of aromatic nitrogens is 2. The smallest absolute Gasteiger partial charge is 0.221 e. The summed E-state index contributed by atoms with van der Waals surface area (Å²) in [6, 6.07) is 5.56. The van der Waals surface area contributed by atoms with Crippen LogP contribution in [0.25, 0.3) is 0 Å². The van der Waals surface area contributed by atoms with Gasteiger partial charge in [-0.15, -0.1) is 0 Å². The molecule has 0 aliphatic rings. The highest BCUT2D eigenvalue weighted by atomic mass is 16.3. The molecule has 15 heavy (non-hydrogen) atoms. The van der Waals surface area contributed by atoms with Crippen LogP contribution >= 0.6 is 0 Å². The Morgan fingerprint density at radius 3 is 3.00 bits per heavy atom. The molecule has 0 radical (unpaired) electrons. The second kappa shape index (κ2) is 4.00. The summed E-state index contributed by atoms with van der Waals surface area (Å²) < 4.78 is 5.26. The molecule has 0 aliphatic carbocycles. The standard InChI is InChI=1S/C10H12N4O/c1-7(8-3-2-6-15-8)13-9-4-5-12-10(11)14-9/h2-7H,1H3,(H3,11,12,13,14). The Morgan fingerprint density at radius 2 is 2.33 bits per heavy atom. The van der Waals surface area contributed by atoms with Gasteiger partial charge in [-0.05, 0) is 25.1 Å². The molecule has 78 valence electrons. The number of nitrogen functional groups attached to an aromatic ring is 1. The fraction of sp³-hybridized carbons (Fsp3) is 0.200. The summed E-state index contributed by atoms with van der Waals surface area (Å²) in [5, 5.41) is 3.16. The number of rotatable bonds is 3. The molecule has 0 amide bonds. The fourth-order valence-corrected chi connectivity index (χ4v) is 1.28. The average Bonchev–Trinajstić information content (AvgIpc) is 2.70. The lowest BCUT2D eigenvalue weighted by Crippen LogP contribution is -2.08. The Labute approximate surface area is 87.3 Å². The molecule has 5 nitrogen and oxygen atoms in total. The van der Waals surface area contributed by atoms with Gasteiger partial charge in [0.2, 0.25) is 5.95 Å². The van der Waals surface area contributed by atoms with Gasteiger partial charge in [0.1, 0.15) is 11.6 Å². The molecule has 0 aliphatic heterocycles. The van der Waals surface area contributed by atoms with E-state index in [9.17, 15) is 0 Å². The molecule has 2 rings (SSSR count). The van der Waals surface area contributed by atoms with Crippen LogP contribution in [-0.4, -0.2) is 9.97 Å². The van der Waals surface area contributed by atoms with E-state index in [1.807, 2.05) is 19.1 Å². The highest BCUT2D eigenvalue weighted by molar-refractivity contribution is 5.39. The van der Waals surface area contributed by atoms with Gasteiger partial charge in [0.25, 0.3) is 0 Å². The first-order valence-corrected chi connectivity index (χ1v) is 4.64. The third-order valence-electron chi connectivity index (χ3n) is 2.01. The maximum Gasteiger partial charge on any atom is 0.221 e. The molecule has 5 heteroatoms. The Balaban J connectivity index is 2.09. The summed E-state index contributed by atoms with van der Waals surface area (Å²) in [6.07, 6.45) is 3.25. The van der Waals surface area contributed by atoms with Crippen molar-refractivity contribution in [2.45, 2.75) is 13.0 Å². The number of furan rings is 1. The molecule has 0 saturated heterocycles. The van der Waals surface area contributed by atoms with Gasteiger partial charge >= 0.3 is 0 Å². The summed E-state index contributed by atoms with van der Waals surface area (Å²) >= 11 is 0. The lowest BCUT2D eigenvalue weighted by molar-refractivity contribution is 0.490. The van der Waals surface area contributed by atoms with Crippen molar-refractivity contribution in [3.8, 4) is 0 Å². The average molecular weight is 204 g/mol. The van der Waals surface area contributed by atoms with E-state index < -0.39 is 0 Å². The second-order valence-electron chi connectivity index (χ2n) is 3.18. The summed E-state index contributed by atoms with van der Waals surface area (Å²) in [6.45, 7) is 1.98. The third kappa shape index (κ3) is 2.25. The van der Waals surface area contributed by atoms with Crippen molar-refractivity contribution in [1.29, 1.82) is 0 Å². The highest BCUT2D eigenvalue weighted by Crippen LogP contribution is 2.17. The zero-order valence-corrected chi connectivity index (χ0v) is 8.34. The van der Waals surface area contributed by atoms with Crippen molar-refractivity contribution in [3.05, 3.63) is 36.4 Å². The van der Waals surface area contributed by atoms with Crippen LogP contribution in [0.2, 0.25) is 0 Å². The SMILES string of the molecule is CC(Nc1ccnc(N)n1)c1ccco1. The van der Waals surface area contributed by atoms with Crippen molar-refractivity contribution in [2.75, 3.05) is 11.1 Å². The number of nitrogens with zero attached hydrogens (tertiary/aromatic N) is 2. The molecule has 1 unspecified atom stereocenters. The molecule has 0 bridgehead atoms. The normalized spacial score (nSPS) is 12.3. The number of nitrogens with one attached hydrogen (secondary N) is 1. The van der Waals surface area contributed by atoms with E-state index in [2.05, 4.69) is 15.3 Å². The molecular weight excluding hydrogens is 192 g/mol. The first kappa shape index (κ1) is 9.51. The monoisotopic (exact) mass is 204 g/mol. The van der Waals surface area contributed by atoms with Crippen LogP contribution in [0, 0.1) is 0 Å². The predicted octanol–water partition coefficient (Wildman–Crippen LogP) is 1.82. The van der Waals surface area contributed by atoms with Gasteiger partial charge in [-0.25, -0.2) is 4.98 Å². The largest absolute Gasteiger partial charge is 0.467 e. The maximum absolute atomic E-state index is 5.47. The zero-order chi connectivity index (χ0) is 10.7.